The number of nitrogens with one attached hydrogen (secondary N) is 1. The summed E-state index contributed by atoms with van der Waals surface area (Å²) in [5.41, 5.74) is -0.307. The lowest BCUT2D eigenvalue weighted by Crippen LogP contribution is -2.30. The second kappa shape index (κ2) is 7.91. The van der Waals surface area contributed by atoms with Gasteiger partial charge in [-0.15, -0.1) is 0 Å². The van der Waals surface area contributed by atoms with Crippen molar-refractivity contribution in [2.24, 2.45) is 5.92 Å². The maximum absolute atomic E-state index is 13.5. The molecule has 0 unspecified atom stereocenters. The van der Waals surface area contributed by atoms with Gasteiger partial charge in [-0.3, -0.25) is 4.79 Å². The van der Waals surface area contributed by atoms with E-state index in [1.54, 1.807) is 6.07 Å². The van der Waals surface area contributed by atoms with Crippen LogP contribution in [-0.2, 0) is 16.8 Å². The van der Waals surface area contributed by atoms with Crippen molar-refractivity contribution in [2.75, 3.05) is 6.54 Å². The van der Waals surface area contributed by atoms with Crippen molar-refractivity contribution in [3.8, 4) is 11.6 Å². The van der Waals surface area contributed by atoms with E-state index >= 15 is 0 Å². The van der Waals surface area contributed by atoms with Crippen LogP contribution in [0.1, 0.15) is 49.2 Å². The van der Waals surface area contributed by atoms with Gasteiger partial charge in [-0.25, -0.2) is 17.9 Å². The normalized spacial score (nSPS) is 17.0. The molecular weight excluding hydrogens is 447 g/mol. The summed E-state index contributed by atoms with van der Waals surface area (Å²) < 4.78 is 46.6. The first-order chi connectivity index (χ1) is 15.4. The number of halogens is 4. The van der Waals surface area contributed by atoms with Crippen LogP contribution in [0, 0.1) is 11.7 Å². The van der Waals surface area contributed by atoms with Gasteiger partial charge in [0.25, 0.3) is 12.3 Å². The SMILES string of the molecule is O=C(Cn1nc(C(F)F)cc1-c1nc(C2(c3ccc(F)cc3Cl)CC2)no1)NCC1CC1. The molecule has 0 radical (unpaired) electrons. The van der Waals surface area contributed by atoms with Gasteiger partial charge in [-0.2, -0.15) is 10.1 Å². The number of carbonyl (C=O) groups excluding carboxylic acids is 1. The number of rotatable bonds is 8. The molecule has 1 aromatic carbocycles. The average Bonchev–Trinajstić information content (AvgIpc) is 3.65. The number of aromatic nitrogens is 4. The third kappa shape index (κ3) is 3.99. The Morgan fingerprint density at radius 2 is 2.09 bits per heavy atom. The lowest BCUT2D eigenvalue weighted by molar-refractivity contribution is -0.121. The first-order valence-corrected chi connectivity index (χ1v) is 10.7. The maximum atomic E-state index is 13.5. The first-order valence-electron chi connectivity index (χ1n) is 10.3. The summed E-state index contributed by atoms with van der Waals surface area (Å²) in [7, 11) is 0. The maximum Gasteiger partial charge on any atom is 0.282 e. The van der Waals surface area contributed by atoms with Gasteiger partial charge in [0.05, 0.1) is 5.41 Å². The van der Waals surface area contributed by atoms with Crippen LogP contribution in [0.25, 0.3) is 11.6 Å². The Hall–Kier alpha value is -2.88. The zero-order valence-corrected chi connectivity index (χ0v) is 17.6. The smallest absolute Gasteiger partial charge is 0.282 e. The van der Waals surface area contributed by atoms with E-state index < -0.39 is 23.4 Å². The number of alkyl halides is 2. The highest BCUT2D eigenvalue weighted by atomic mass is 35.5. The van der Waals surface area contributed by atoms with Crippen molar-refractivity contribution < 1.29 is 22.5 Å². The van der Waals surface area contributed by atoms with E-state index in [2.05, 4.69) is 20.6 Å². The van der Waals surface area contributed by atoms with Gasteiger partial charge in [0, 0.05) is 11.6 Å². The summed E-state index contributed by atoms with van der Waals surface area (Å²) in [5.74, 6) is -0.00562. The number of hydrogen-bond acceptors (Lipinski definition) is 5. The largest absolute Gasteiger partial charge is 0.354 e. The monoisotopic (exact) mass is 465 g/mol. The van der Waals surface area contributed by atoms with E-state index in [1.807, 2.05) is 0 Å². The Labute approximate surface area is 185 Å². The zero-order valence-electron chi connectivity index (χ0n) is 16.8. The molecule has 2 aliphatic carbocycles. The van der Waals surface area contributed by atoms with Crippen LogP contribution < -0.4 is 5.32 Å². The fourth-order valence-corrected chi connectivity index (χ4v) is 4.09. The van der Waals surface area contributed by atoms with Gasteiger partial charge < -0.3 is 9.84 Å². The summed E-state index contributed by atoms with van der Waals surface area (Å²) >= 11 is 6.24. The van der Waals surface area contributed by atoms with Crippen molar-refractivity contribution in [3.63, 3.8) is 0 Å². The molecule has 0 bridgehead atoms. The van der Waals surface area contributed by atoms with Crippen molar-refractivity contribution >= 4 is 17.5 Å². The van der Waals surface area contributed by atoms with Gasteiger partial charge in [-0.1, -0.05) is 22.8 Å². The van der Waals surface area contributed by atoms with E-state index in [0.717, 1.165) is 23.6 Å². The fourth-order valence-electron chi connectivity index (χ4n) is 3.75. The molecule has 3 aromatic rings. The minimum absolute atomic E-state index is 0.0288. The van der Waals surface area contributed by atoms with Crippen LogP contribution in [0.5, 0.6) is 0 Å². The zero-order chi connectivity index (χ0) is 22.5. The Morgan fingerprint density at radius 3 is 2.75 bits per heavy atom. The minimum Gasteiger partial charge on any atom is -0.354 e. The summed E-state index contributed by atoms with van der Waals surface area (Å²) in [6.45, 7) is 0.310. The third-order valence-corrected chi connectivity index (χ3v) is 6.18. The number of carbonyl (C=O) groups is 1. The number of nitrogens with zero attached hydrogens (tertiary/aromatic N) is 4. The highest BCUT2D eigenvalue weighted by Gasteiger charge is 2.51. The minimum atomic E-state index is -2.82. The van der Waals surface area contributed by atoms with E-state index in [4.69, 9.17) is 16.1 Å². The van der Waals surface area contributed by atoms with Crippen LogP contribution in [0.2, 0.25) is 5.02 Å². The van der Waals surface area contributed by atoms with E-state index in [9.17, 15) is 18.0 Å². The number of hydrogen-bond donors (Lipinski definition) is 1. The molecule has 2 saturated carbocycles. The molecule has 7 nitrogen and oxygen atoms in total. The first kappa shape index (κ1) is 21.0. The highest BCUT2D eigenvalue weighted by molar-refractivity contribution is 6.31. The van der Waals surface area contributed by atoms with E-state index in [1.165, 1.54) is 12.1 Å². The molecule has 1 amide bonds. The van der Waals surface area contributed by atoms with E-state index in [0.29, 0.717) is 36.7 Å². The molecule has 2 fully saturated rings. The van der Waals surface area contributed by atoms with Gasteiger partial charge in [-0.05, 0) is 55.4 Å². The quantitative estimate of drug-likeness (QED) is 0.537. The summed E-state index contributed by atoms with van der Waals surface area (Å²) in [4.78, 5) is 16.7. The Balaban J connectivity index is 1.43. The van der Waals surface area contributed by atoms with Crippen LogP contribution in [0.3, 0.4) is 0 Å². The van der Waals surface area contributed by atoms with Crippen LogP contribution >= 0.6 is 11.6 Å². The summed E-state index contributed by atoms with van der Waals surface area (Å²) in [5, 5.41) is 10.9. The molecule has 2 heterocycles. The average molecular weight is 466 g/mol. The molecule has 1 N–H and O–H groups in total. The molecule has 5 rings (SSSR count). The second-order valence-electron chi connectivity index (χ2n) is 8.29. The van der Waals surface area contributed by atoms with Gasteiger partial charge >= 0.3 is 0 Å². The lowest BCUT2D eigenvalue weighted by atomic mass is 9.95. The van der Waals surface area contributed by atoms with Crippen LogP contribution in [-0.4, -0.2) is 32.4 Å². The van der Waals surface area contributed by atoms with Gasteiger partial charge in [0.15, 0.2) is 5.82 Å². The van der Waals surface area contributed by atoms with Crippen molar-refractivity contribution in [2.45, 2.75) is 44.1 Å². The Kier molecular flexibility index (Phi) is 5.19. The molecule has 0 spiro atoms. The lowest BCUT2D eigenvalue weighted by Gasteiger charge is -2.12. The molecule has 0 aliphatic heterocycles. The van der Waals surface area contributed by atoms with Crippen molar-refractivity contribution in [3.05, 3.63) is 52.2 Å². The molecule has 11 heteroatoms. The molecule has 0 saturated heterocycles. The van der Waals surface area contributed by atoms with Crippen molar-refractivity contribution in [1.29, 1.82) is 0 Å². The molecule has 168 valence electrons. The topological polar surface area (TPSA) is 85.8 Å². The molecular formula is C21H19ClF3N5O2. The van der Waals surface area contributed by atoms with Crippen molar-refractivity contribution in [1.82, 2.24) is 25.2 Å². The fraction of sp³-hybridized carbons (Fsp3) is 0.429. The predicted octanol–water partition coefficient (Wildman–Crippen LogP) is 4.27. The number of amides is 1. The summed E-state index contributed by atoms with van der Waals surface area (Å²) in [6.07, 6.45) is 0.700. The Morgan fingerprint density at radius 1 is 1.31 bits per heavy atom. The molecule has 2 aromatic heterocycles. The van der Waals surface area contributed by atoms with Crippen LogP contribution in [0.15, 0.2) is 28.8 Å². The highest BCUT2D eigenvalue weighted by Crippen LogP contribution is 2.54. The van der Waals surface area contributed by atoms with Gasteiger partial charge in [0.1, 0.15) is 23.7 Å². The van der Waals surface area contributed by atoms with Gasteiger partial charge in [0.2, 0.25) is 5.91 Å². The third-order valence-electron chi connectivity index (χ3n) is 5.87. The van der Waals surface area contributed by atoms with Crippen LogP contribution in [0.4, 0.5) is 13.2 Å². The predicted molar refractivity (Wildman–Crippen MR) is 108 cm³/mol. The Bertz CT molecular complexity index is 1170. The number of benzene rings is 1. The van der Waals surface area contributed by atoms with E-state index in [-0.39, 0.29) is 29.1 Å². The molecule has 0 atom stereocenters. The second-order valence-corrected chi connectivity index (χ2v) is 8.70. The standard InChI is InChI=1S/C21H19ClF3N5O2/c22-14-7-12(23)3-4-13(14)21(5-6-21)20-27-19(32-29-20)16-8-15(18(24)25)28-30(16)10-17(31)26-9-11-1-2-11/h3-4,7-8,11,18H,1-2,5-6,9-10H2,(H,26,31). The summed E-state index contributed by atoms with van der Waals surface area (Å²) in [6, 6.07) is 5.26. The molecule has 2 aliphatic rings. The molecule has 32 heavy (non-hydrogen) atoms.